The Morgan fingerprint density at radius 2 is 2.14 bits per heavy atom. The van der Waals surface area contributed by atoms with Crippen LogP contribution in [0.4, 0.5) is 0 Å². The van der Waals surface area contributed by atoms with Crippen LogP contribution in [-0.2, 0) is 15.6 Å². The van der Waals surface area contributed by atoms with Crippen LogP contribution in [0.1, 0.15) is 37.6 Å². The highest BCUT2D eigenvalue weighted by Crippen LogP contribution is 2.29. The maximum Gasteiger partial charge on any atom is 0.241 e. The zero-order valence-corrected chi connectivity index (χ0v) is 13.9. The van der Waals surface area contributed by atoms with Crippen molar-refractivity contribution in [2.24, 2.45) is 0 Å². The molecule has 1 heterocycles. The number of rotatable bonds is 5. The van der Waals surface area contributed by atoms with Crippen molar-refractivity contribution in [2.45, 2.75) is 45.4 Å². The molecule has 0 radical (unpaired) electrons. The molecule has 1 saturated heterocycles. The van der Waals surface area contributed by atoms with E-state index < -0.39 is 10.8 Å². The lowest BCUT2D eigenvalue weighted by Crippen LogP contribution is -2.39. The van der Waals surface area contributed by atoms with Gasteiger partial charge in [-0.25, -0.2) is 0 Å². The Balaban J connectivity index is 2.22. The molecule has 4 unspecified atom stereocenters. The Hall–Kier alpha value is -1.20. The minimum absolute atomic E-state index is 0.0735. The van der Waals surface area contributed by atoms with Crippen LogP contribution in [0.2, 0.25) is 0 Å². The Bertz CT molecular complexity index is 547. The summed E-state index contributed by atoms with van der Waals surface area (Å²) in [5, 5.41) is 3.37. The number of nitrogens with zero attached hydrogens (tertiary/aromatic N) is 1. The van der Waals surface area contributed by atoms with E-state index in [1.807, 2.05) is 30.9 Å². The second-order valence-corrected chi connectivity index (χ2v) is 7.42. The average Bonchev–Trinajstić information content (AvgIpc) is 2.72. The summed E-state index contributed by atoms with van der Waals surface area (Å²) in [4.78, 5) is 14.4. The molecule has 1 fully saturated rings. The van der Waals surface area contributed by atoms with Crippen molar-refractivity contribution < 1.29 is 9.00 Å². The van der Waals surface area contributed by atoms with Crippen molar-refractivity contribution in [3.63, 3.8) is 0 Å². The molecule has 1 aliphatic rings. The molecule has 1 aromatic carbocycles. The van der Waals surface area contributed by atoms with E-state index in [1.165, 1.54) is 5.56 Å². The molecule has 0 bridgehead atoms. The minimum atomic E-state index is -0.824. The molecule has 1 N–H and O–H groups in total. The van der Waals surface area contributed by atoms with Gasteiger partial charge in [-0.15, -0.1) is 0 Å². The van der Waals surface area contributed by atoms with E-state index in [0.717, 1.165) is 12.0 Å². The van der Waals surface area contributed by atoms with Gasteiger partial charge in [0.2, 0.25) is 5.91 Å². The number of amides is 1. The number of aryl methyl sites for hydroxylation is 1. The first kappa shape index (κ1) is 16.2. The Morgan fingerprint density at radius 1 is 1.43 bits per heavy atom. The third kappa shape index (κ3) is 3.71. The normalized spacial score (nSPS) is 25.1. The second kappa shape index (κ2) is 6.71. The van der Waals surface area contributed by atoms with Crippen LogP contribution in [0, 0.1) is 6.92 Å². The van der Waals surface area contributed by atoms with E-state index >= 15 is 0 Å². The van der Waals surface area contributed by atoms with Crippen LogP contribution < -0.4 is 5.32 Å². The van der Waals surface area contributed by atoms with Gasteiger partial charge in [0.25, 0.3) is 0 Å². The zero-order valence-electron chi connectivity index (χ0n) is 13.1. The summed E-state index contributed by atoms with van der Waals surface area (Å²) in [6.07, 6.45) is 2.37. The van der Waals surface area contributed by atoms with Gasteiger partial charge in [0.1, 0.15) is 6.17 Å². The maximum absolute atomic E-state index is 12.4. The van der Waals surface area contributed by atoms with Crippen LogP contribution in [0.5, 0.6) is 0 Å². The highest BCUT2D eigenvalue weighted by Gasteiger charge is 2.39. The van der Waals surface area contributed by atoms with Gasteiger partial charge in [-0.3, -0.25) is 14.3 Å². The quantitative estimate of drug-likeness (QED) is 0.905. The fourth-order valence-electron chi connectivity index (χ4n) is 2.78. The smallest absolute Gasteiger partial charge is 0.241 e. The fourth-order valence-corrected chi connectivity index (χ4v) is 3.46. The Morgan fingerprint density at radius 3 is 2.76 bits per heavy atom. The number of nitrogens with one attached hydrogen (secondary N) is 1. The predicted octanol–water partition coefficient (Wildman–Crippen LogP) is 1.97. The molecule has 4 nitrogen and oxygen atoms in total. The molecule has 0 spiro atoms. The molecule has 1 aromatic rings. The van der Waals surface area contributed by atoms with E-state index in [0.29, 0.717) is 5.75 Å². The standard InChI is InChI=1S/C16H24N2O2S/c1-11-6-5-7-14(10-11)15-17-13(3)16(19)18(15)12(2)8-9-21(4)20/h5-7,10,12-13,15,17H,8-9H2,1-4H3. The Kier molecular flexibility index (Phi) is 5.17. The molecule has 21 heavy (non-hydrogen) atoms. The number of benzene rings is 1. The molecule has 0 aliphatic carbocycles. The summed E-state index contributed by atoms with van der Waals surface area (Å²) in [6, 6.07) is 8.13. The first-order chi connectivity index (χ1) is 9.90. The lowest BCUT2D eigenvalue weighted by Gasteiger charge is -2.30. The average molecular weight is 308 g/mol. The van der Waals surface area contributed by atoms with Gasteiger partial charge >= 0.3 is 0 Å². The summed E-state index contributed by atoms with van der Waals surface area (Å²) in [5.41, 5.74) is 2.29. The van der Waals surface area contributed by atoms with Gasteiger partial charge in [-0.05, 0) is 32.8 Å². The van der Waals surface area contributed by atoms with Gasteiger partial charge < -0.3 is 4.90 Å². The molecular weight excluding hydrogens is 284 g/mol. The fraction of sp³-hybridized carbons (Fsp3) is 0.562. The number of hydrogen-bond acceptors (Lipinski definition) is 3. The number of carbonyl (C=O) groups excluding carboxylic acids is 1. The summed E-state index contributed by atoms with van der Waals surface area (Å²) in [6.45, 7) is 5.99. The number of carbonyl (C=O) groups is 1. The highest BCUT2D eigenvalue weighted by molar-refractivity contribution is 7.84. The lowest BCUT2D eigenvalue weighted by atomic mass is 10.1. The molecule has 2 rings (SSSR count). The zero-order chi connectivity index (χ0) is 15.6. The first-order valence-electron chi connectivity index (χ1n) is 7.35. The lowest BCUT2D eigenvalue weighted by molar-refractivity contribution is -0.131. The van der Waals surface area contributed by atoms with Crippen molar-refractivity contribution in [2.75, 3.05) is 12.0 Å². The van der Waals surface area contributed by atoms with Crippen LogP contribution in [0.3, 0.4) is 0 Å². The molecule has 1 amide bonds. The summed E-state index contributed by atoms with van der Waals surface area (Å²) >= 11 is 0. The monoisotopic (exact) mass is 308 g/mol. The van der Waals surface area contributed by atoms with Crippen LogP contribution in [0.25, 0.3) is 0 Å². The third-order valence-corrected chi connectivity index (χ3v) is 4.78. The van der Waals surface area contributed by atoms with E-state index in [9.17, 15) is 9.00 Å². The van der Waals surface area contributed by atoms with E-state index in [4.69, 9.17) is 0 Å². The minimum Gasteiger partial charge on any atom is -0.319 e. The third-order valence-electron chi connectivity index (χ3n) is 3.97. The largest absolute Gasteiger partial charge is 0.319 e. The van der Waals surface area contributed by atoms with Crippen molar-refractivity contribution in [3.05, 3.63) is 35.4 Å². The van der Waals surface area contributed by atoms with E-state index in [1.54, 1.807) is 6.26 Å². The summed E-state index contributed by atoms with van der Waals surface area (Å²) in [5.74, 6) is 0.746. The van der Waals surface area contributed by atoms with Gasteiger partial charge in [0.05, 0.1) is 6.04 Å². The van der Waals surface area contributed by atoms with E-state index in [-0.39, 0.29) is 24.2 Å². The summed E-state index contributed by atoms with van der Waals surface area (Å²) < 4.78 is 11.3. The molecule has 116 valence electrons. The molecule has 4 atom stereocenters. The highest BCUT2D eigenvalue weighted by atomic mass is 32.2. The topological polar surface area (TPSA) is 49.4 Å². The van der Waals surface area contributed by atoms with Crippen molar-refractivity contribution in [1.82, 2.24) is 10.2 Å². The van der Waals surface area contributed by atoms with Gasteiger partial charge in [0.15, 0.2) is 0 Å². The van der Waals surface area contributed by atoms with Crippen molar-refractivity contribution in [1.29, 1.82) is 0 Å². The van der Waals surface area contributed by atoms with Gasteiger partial charge in [-0.1, -0.05) is 29.8 Å². The maximum atomic E-state index is 12.4. The van der Waals surface area contributed by atoms with Crippen LogP contribution in [-0.4, -0.2) is 39.1 Å². The SMILES string of the molecule is Cc1cccc(C2NC(C)C(=O)N2C(C)CCS(C)=O)c1. The molecular formula is C16H24N2O2S. The Labute approximate surface area is 129 Å². The van der Waals surface area contributed by atoms with Crippen molar-refractivity contribution in [3.8, 4) is 0 Å². The molecule has 1 aliphatic heterocycles. The van der Waals surface area contributed by atoms with Crippen LogP contribution in [0.15, 0.2) is 24.3 Å². The molecule has 0 aromatic heterocycles. The van der Waals surface area contributed by atoms with Gasteiger partial charge in [0, 0.05) is 28.9 Å². The second-order valence-electron chi connectivity index (χ2n) is 5.87. The van der Waals surface area contributed by atoms with Crippen molar-refractivity contribution >= 4 is 16.7 Å². The van der Waals surface area contributed by atoms with E-state index in [2.05, 4.69) is 24.4 Å². The van der Waals surface area contributed by atoms with Gasteiger partial charge in [-0.2, -0.15) is 0 Å². The first-order valence-corrected chi connectivity index (χ1v) is 9.07. The molecule has 5 heteroatoms. The van der Waals surface area contributed by atoms with Crippen LogP contribution >= 0.6 is 0 Å². The molecule has 0 saturated carbocycles. The number of hydrogen-bond donors (Lipinski definition) is 1. The summed E-state index contributed by atoms with van der Waals surface area (Å²) in [7, 11) is -0.824. The predicted molar refractivity (Wildman–Crippen MR) is 86.4 cm³/mol.